The van der Waals surface area contributed by atoms with Crippen LogP contribution < -0.4 is 11.1 Å². The average molecular weight is 290 g/mol. The fraction of sp³-hybridized carbons (Fsp3) is 0.588. The number of carbonyl (C=O) groups excluding carboxylic acids is 1. The molecule has 1 aromatic rings. The number of amides is 1. The first-order valence-electron chi connectivity index (χ1n) is 7.88. The SMILES string of the molecule is CC(C(=O)NC1CCCCCC1O)C(N)c1ccccc1. The summed E-state index contributed by atoms with van der Waals surface area (Å²) in [6.07, 6.45) is 4.40. The first-order valence-corrected chi connectivity index (χ1v) is 7.88. The van der Waals surface area contributed by atoms with E-state index in [-0.39, 0.29) is 23.9 Å². The van der Waals surface area contributed by atoms with Crippen LogP contribution in [0.3, 0.4) is 0 Å². The highest BCUT2D eigenvalue weighted by atomic mass is 16.3. The molecule has 0 bridgehead atoms. The lowest BCUT2D eigenvalue weighted by Crippen LogP contribution is -2.46. The topological polar surface area (TPSA) is 75.3 Å². The van der Waals surface area contributed by atoms with Gasteiger partial charge in [0.2, 0.25) is 5.91 Å². The number of aliphatic hydroxyl groups is 1. The highest BCUT2D eigenvalue weighted by molar-refractivity contribution is 5.79. The Morgan fingerprint density at radius 1 is 1.24 bits per heavy atom. The maximum absolute atomic E-state index is 12.4. The molecule has 0 aromatic heterocycles. The molecular formula is C17H26N2O2. The molecule has 4 atom stereocenters. The minimum absolute atomic E-state index is 0.0719. The van der Waals surface area contributed by atoms with Gasteiger partial charge in [-0.25, -0.2) is 0 Å². The molecule has 1 amide bonds. The summed E-state index contributed by atoms with van der Waals surface area (Å²) < 4.78 is 0. The van der Waals surface area contributed by atoms with E-state index in [1.807, 2.05) is 37.3 Å². The molecule has 4 N–H and O–H groups in total. The van der Waals surface area contributed by atoms with Gasteiger partial charge >= 0.3 is 0 Å². The highest BCUT2D eigenvalue weighted by Gasteiger charge is 2.27. The van der Waals surface area contributed by atoms with E-state index in [4.69, 9.17) is 5.73 Å². The summed E-state index contributed by atoms with van der Waals surface area (Å²) in [5.74, 6) is -0.389. The van der Waals surface area contributed by atoms with Crippen LogP contribution in [0.2, 0.25) is 0 Å². The third-order valence-electron chi connectivity index (χ3n) is 4.44. The molecule has 2 rings (SSSR count). The van der Waals surface area contributed by atoms with E-state index in [0.29, 0.717) is 0 Å². The number of carbonyl (C=O) groups is 1. The molecule has 1 fully saturated rings. The molecule has 0 radical (unpaired) electrons. The van der Waals surface area contributed by atoms with E-state index < -0.39 is 6.10 Å². The lowest BCUT2D eigenvalue weighted by atomic mass is 9.94. The van der Waals surface area contributed by atoms with Gasteiger partial charge in [-0.1, -0.05) is 56.5 Å². The van der Waals surface area contributed by atoms with Crippen molar-refractivity contribution < 1.29 is 9.90 Å². The Balaban J connectivity index is 1.95. The van der Waals surface area contributed by atoms with E-state index in [1.165, 1.54) is 0 Å². The molecule has 1 saturated carbocycles. The summed E-state index contributed by atoms with van der Waals surface area (Å²) in [7, 11) is 0. The minimum Gasteiger partial charge on any atom is -0.391 e. The summed E-state index contributed by atoms with van der Waals surface area (Å²) in [6.45, 7) is 1.84. The van der Waals surface area contributed by atoms with Crippen molar-refractivity contribution >= 4 is 5.91 Å². The normalized spacial score (nSPS) is 25.7. The third kappa shape index (κ3) is 4.29. The number of hydrogen-bond acceptors (Lipinski definition) is 3. The molecule has 1 aliphatic rings. The van der Waals surface area contributed by atoms with Crippen LogP contribution in [0.15, 0.2) is 30.3 Å². The van der Waals surface area contributed by atoms with Crippen LogP contribution in [0.25, 0.3) is 0 Å². The number of benzene rings is 1. The van der Waals surface area contributed by atoms with Gasteiger partial charge in [0.05, 0.1) is 18.1 Å². The summed E-state index contributed by atoms with van der Waals surface area (Å²) in [6, 6.07) is 9.20. The molecule has 4 nitrogen and oxygen atoms in total. The standard InChI is InChI=1S/C17H26N2O2/c1-12(16(18)13-8-4-2-5-9-13)17(21)19-14-10-6-3-7-11-15(14)20/h2,4-5,8-9,12,14-16,20H,3,6-7,10-11,18H2,1H3,(H,19,21). The Kier molecular flexibility index (Phi) is 5.76. The van der Waals surface area contributed by atoms with Crippen molar-refractivity contribution in [2.75, 3.05) is 0 Å². The molecule has 0 saturated heterocycles. The van der Waals surface area contributed by atoms with Crippen LogP contribution >= 0.6 is 0 Å². The molecule has 0 heterocycles. The summed E-state index contributed by atoms with van der Waals surface area (Å²) in [4.78, 5) is 12.4. The zero-order chi connectivity index (χ0) is 15.2. The predicted molar refractivity (Wildman–Crippen MR) is 83.6 cm³/mol. The molecule has 0 spiro atoms. The maximum atomic E-state index is 12.4. The third-order valence-corrected chi connectivity index (χ3v) is 4.44. The number of nitrogens with two attached hydrogens (primary N) is 1. The van der Waals surface area contributed by atoms with Gasteiger partial charge in [-0.3, -0.25) is 4.79 Å². The summed E-state index contributed by atoms with van der Waals surface area (Å²) in [5, 5.41) is 13.1. The van der Waals surface area contributed by atoms with Gasteiger partial charge in [-0.2, -0.15) is 0 Å². The number of hydrogen-bond donors (Lipinski definition) is 3. The van der Waals surface area contributed by atoms with Crippen molar-refractivity contribution in [1.82, 2.24) is 5.32 Å². The Bertz CT molecular complexity index is 449. The van der Waals surface area contributed by atoms with Crippen molar-refractivity contribution in [3.05, 3.63) is 35.9 Å². The van der Waals surface area contributed by atoms with Gasteiger partial charge in [-0.15, -0.1) is 0 Å². The lowest BCUT2D eigenvalue weighted by molar-refractivity contribution is -0.126. The largest absolute Gasteiger partial charge is 0.391 e. The summed E-state index contributed by atoms with van der Waals surface area (Å²) >= 11 is 0. The van der Waals surface area contributed by atoms with Crippen molar-refractivity contribution in [3.63, 3.8) is 0 Å². The van der Waals surface area contributed by atoms with Gasteiger partial charge in [0, 0.05) is 6.04 Å². The Labute approximate surface area is 126 Å². The molecule has 21 heavy (non-hydrogen) atoms. The molecule has 1 aromatic carbocycles. The minimum atomic E-state index is -0.434. The quantitative estimate of drug-likeness (QED) is 0.744. The van der Waals surface area contributed by atoms with Gasteiger partial charge in [-0.05, 0) is 18.4 Å². The molecule has 4 unspecified atom stereocenters. The van der Waals surface area contributed by atoms with Gasteiger partial charge in [0.1, 0.15) is 0 Å². The second-order valence-corrected chi connectivity index (χ2v) is 6.05. The monoisotopic (exact) mass is 290 g/mol. The van der Waals surface area contributed by atoms with Crippen LogP contribution in [-0.4, -0.2) is 23.2 Å². The van der Waals surface area contributed by atoms with Crippen LogP contribution in [-0.2, 0) is 4.79 Å². The van der Waals surface area contributed by atoms with Crippen LogP contribution in [0.1, 0.15) is 50.6 Å². The fourth-order valence-electron chi connectivity index (χ4n) is 2.90. The molecular weight excluding hydrogens is 264 g/mol. The Morgan fingerprint density at radius 2 is 1.90 bits per heavy atom. The van der Waals surface area contributed by atoms with Gasteiger partial charge in [0.25, 0.3) is 0 Å². The molecule has 0 aliphatic heterocycles. The predicted octanol–water partition coefficient (Wildman–Crippen LogP) is 2.13. The van der Waals surface area contributed by atoms with E-state index >= 15 is 0 Å². The molecule has 116 valence electrons. The Hall–Kier alpha value is -1.39. The smallest absolute Gasteiger partial charge is 0.225 e. The second kappa shape index (κ2) is 7.57. The van der Waals surface area contributed by atoms with E-state index in [2.05, 4.69) is 5.32 Å². The van der Waals surface area contributed by atoms with E-state index in [9.17, 15) is 9.90 Å². The zero-order valence-electron chi connectivity index (χ0n) is 12.7. The molecule has 1 aliphatic carbocycles. The first kappa shape index (κ1) is 16.0. The Morgan fingerprint density at radius 3 is 2.62 bits per heavy atom. The highest BCUT2D eigenvalue weighted by Crippen LogP contribution is 2.22. The molecule has 4 heteroatoms. The van der Waals surface area contributed by atoms with Crippen molar-refractivity contribution in [3.8, 4) is 0 Å². The van der Waals surface area contributed by atoms with Crippen molar-refractivity contribution in [1.29, 1.82) is 0 Å². The van der Waals surface area contributed by atoms with Crippen LogP contribution in [0.5, 0.6) is 0 Å². The fourth-order valence-corrected chi connectivity index (χ4v) is 2.90. The van der Waals surface area contributed by atoms with Crippen LogP contribution in [0, 0.1) is 5.92 Å². The first-order chi connectivity index (χ1) is 10.1. The van der Waals surface area contributed by atoms with E-state index in [0.717, 1.165) is 37.7 Å². The second-order valence-electron chi connectivity index (χ2n) is 6.05. The summed E-state index contributed by atoms with van der Waals surface area (Å²) in [5.41, 5.74) is 7.15. The zero-order valence-corrected chi connectivity index (χ0v) is 12.7. The lowest BCUT2D eigenvalue weighted by Gasteiger charge is -2.26. The maximum Gasteiger partial charge on any atom is 0.225 e. The van der Waals surface area contributed by atoms with Gasteiger partial charge in [0.15, 0.2) is 0 Å². The van der Waals surface area contributed by atoms with Gasteiger partial charge < -0.3 is 16.2 Å². The number of nitrogens with one attached hydrogen (secondary N) is 1. The number of aliphatic hydroxyl groups excluding tert-OH is 1. The van der Waals surface area contributed by atoms with Crippen LogP contribution in [0.4, 0.5) is 0 Å². The van der Waals surface area contributed by atoms with Crippen molar-refractivity contribution in [2.24, 2.45) is 11.7 Å². The average Bonchev–Trinajstić information content (AvgIpc) is 2.71. The van der Waals surface area contributed by atoms with Crippen molar-refractivity contribution in [2.45, 2.75) is 57.2 Å². The number of rotatable bonds is 4. The van der Waals surface area contributed by atoms with E-state index in [1.54, 1.807) is 0 Å².